The number of carbonyl (C=O) groups is 1. The van der Waals surface area contributed by atoms with E-state index in [9.17, 15) is 4.79 Å². The van der Waals surface area contributed by atoms with Crippen molar-refractivity contribution in [2.75, 3.05) is 20.7 Å². The molecule has 146 valence electrons. The van der Waals surface area contributed by atoms with Gasteiger partial charge >= 0.3 is 5.97 Å². The minimum absolute atomic E-state index is 0.0600. The Hall–Kier alpha value is -2.31. The van der Waals surface area contributed by atoms with Crippen molar-refractivity contribution in [2.24, 2.45) is 0 Å². The first-order chi connectivity index (χ1) is 13.6. The summed E-state index contributed by atoms with van der Waals surface area (Å²) in [5.41, 5.74) is 2.35. The molecule has 0 fully saturated rings. The highest BCUT2D eigenvalue weighted by Gasteiger charge is 2.53. The quantitative estimate of drug-likeness (QED) is 0.583. The van der Waals surface area contributed by atoms with E-state index in [2.05, 4.69) is 30.2 Å². The Morgan fingerprint density at radius 3 is 3.04 bits per heavy atom. The summed E-state index contributed by atoms with van der Waals surface area (Å²) in [5, 5.41) is 1.88. The molecule has 0 amide bonds. The number of benzene rings is 1. The molecule has 3 atom stereocenters. The first-order valence-corrected chi connectivity index (χ1v) is 10.5. The number of methoxy groups -OCH3 is 1. The lowest BCUT2D eigenvalue weighted by molar-refractivity contribution is 0.0223. The zero-order chi connectivity index (χ0) is 19.3. The largest absolute Gasteiger partial charge is 0.493 e. The van der Waals surface area contributed by atoms with Crippen LogP contribution in [0.4, 0.5) is 0 Å². The van der Waals surface area contributed by atoms with Gasteiger partial charge in [-0.1, -0.05) is 18.2 Å². The monoisotopic (exact) mass is 397 g/mol. The molecule has 0 N–H and O–H groups in total. The highest BCUT2D eigenvalue weighted by molar-refractivity contribution is 7.11. The Balaban J connectivity index is 1.50. The van der Waals surface area contributed by atoms with E-state index in [0.29, 0.717) is 11.3 Å². The zero-order valence-electron chi connectivity index (χ0n) is 16.0. The van der Waals surface area contributed by atoms with Crippen LogP contribution in [0, 0.1) is 0 Å². The molecule has 0 saturated heterocycles. The molecule has 1 unspecified atom stereocenters. The van der Waals surface area contributed by atoms with Gasteiger partial charge in [0.1, 0.15) is 17.1 Å². The summed E-state index contributed by atoms with van der Waals surface area (Å²) >= 11 is 1.40. The molecule has 28 heavy (non-hydrogen) atoms. The van der Waals surface area contributed by atoms with Gasteiger partial charge in [0, 0.05) is 18.5 Å². The molecule has 1 aliphatic carbocycles. The van der Waals surface area contributed by atoms with E-state index in [1.54, 1.807) is 13.2 Å². The van der Waals surface area contributed by atoms with Gasteiger partial charge in [-0.2, -0.15) is 0 Å². The molecular formula is C22H23NO4S. The average molecular weight is 397 g/mol. The van der Waals surface area contributed by atoms with Crippen LogP contribution in [0.3, 0.4) is 0 Å². The lowest BCUT2D eigenvalue weighted by Crippen LogP contribution is -2.43. The fraction of sp³-hybridized carbons (Fsp3) is 0.409. The van der Waals surface area contributed by atoms with Gasteiger partial charge in [-0.15, -0.1) is 11.3 Å². The molecule has 1 aromatic carbocycles. The zero-order valence-corrected chi connectivity index (χ0v) is 16.8. The number of rotatable bonds is 3. The third-order valence-corrected chi connectivity index (χ3v) is 6.96. The van der Waals surface area contributed by atoms with Gasteiger partial charge < -0.3 is 19.1 Å². The van der Waals surface area contributed by atoms with Crippen LogP contribution in [0.2, 0.25) is 0 Å². The van der Waals surface area contributed by atoms with Gasteiger partial charge in [0.05, 0.1) is 12.5 Å². The fourth-order valence-electron chi connectivity index (χ4n) is 4.74. The first-order valence-electron chi connectivity index (χ1n) is 9.60. The maximum atomic E-state index is 12.4. The number of esters is 1. The molecule has 2 aliphatic heterocycles. The first kappa shape index (κ1) is 17.8. The Bertz CT molecular complexity index is 938. The number of carbonyl (C=O) groups excluding carboxylic acids is 1. The van der Waals surface area contributed by atoms with Crippen molar-refractivity contribution in [1.82, 2.24) is 4.90 Å². The van der Waals surface area contributed by atoms with E-state index in [0.717, 1.165) is 31.0 Å². The van der Waals surface area contributed by atoms with Crippen molar-refractivity contribution in [2.45, 2.75) is 37.0 Å². The van der Waals surface area contributed by atoms with Crippen LogP contribution in [-0.4, -0.2) is 43.8 Å². The van der Waals surface area contributed by atoms with Gasteiger partial charge in [0.15, 0.2) is 11.5 Å². The smallest absolute Gasteiger partial charge is 0.348 e. The highest BCUT2D eigenvalue weighted by atomic mass is 32.1. The fourth-order valence-corrected chi connectivity index (χ4v) is 5.35. The summed E-state index contributed by atoms with van der Waals surface area (Å²) in [6, 6.07) is 7.81. The van der Waals surface area contributed by atoms with Gasteiger partial charge in [-0.3, -0.25) is 0 Å². The van der Waals surface area contributed by atoms with E-state index in [4.69, 9.17) is 14.2 Å². The topological polar surface area (TPSA) is 48.0 Å². The second-order valence-electron chi connectivity index (χ2n) is 7.78. The summed E-state index contributed by atoms with van der Waals surface area (Å²) in [7, 11) is 3.84. The average Bonchev–Trinajstić information content (AvgIpc) is 3.30. The van der Waals surface area contributed by atoms with Crippen LogP contribution in [0.25, 0.3) is 0 Å². The Labute approximate surface area is 168 Å². The van der Waals surface area contributed by atoms with Gasteiger partial charge in [-0.25, -0.2) is 4.79 Å². The van der Waals surface area contributed by atoms with Gasteiger partial charge in [0.2, 0.25) is 0 Å². The Kier molecular flexibility index (Phi) is 4.21. The van der Waals surface area contributed by atoms with Crippen LogP contribution in [0.1, 0.15) is 33.6 Å². The number of ether oxygens (including phenoxy) is 3. The molecule has 1 aromatic heterocycles. The molecule has 5 nitrogen and oxygen atoms in total. The molecule has 3 heterocycles. The lowest BCUT2D eigenvalue weighted by atomic mass is 9.69. The lowest BCUT2D eigenvalue weighted by Gasteiger charge is -2.36. The summed E-state index contributed by atoms with van der Waals surface area (Å²) < 4.78 is 17.8. The molecule has 5 rings (SSSR count). The van der Waals surface area contributed by atoms with Crippen LogP contribution in [0.5, 0.6) is 11.5 Å². The van der Waals surface area contributed by atoms with Crippen molar-refractivity contribution in [3.63, 3.8) is 0 Å². The minimum Gasteiger partial charge on any atom is -0.493 e. The second kappa shape index (κ2) is 6.64. The number of nitrogens with zero attached hydrogens (tertiary/aromatic N) is 1. The molecule has 6 heteroatoms. The SMILES string of the molecule is COc1ccc2c3c1OC1C[C@@H](OC(=O)c4cccs4)C=C[C@@]31CCN(C)C2. The van der Waals surface area contributed by atoms with E-state index in [1.807, 2.05) is 17.5 Å². The van der Waals surface area contributed by atoms with Gasteiger partial charge in [0.25, 0.3) is 0 Å². The van der Waals surface area contributed by atoms with Crippen molar-refractivity contribution in [3.8, 4) is 11.5 Å². The minimum atomic E-state index is -0.282. The normalized spacial score (nSPS) is 28.1. The molecule has 0 radical (unpaired) electrons. The third-order valence-electron chi connectivity index (χ3n) is 6.11. The van der Waals surface area contributed by atoms with E-state index >= 15 is 0 Å². The van der Waals surface area contributed by atoms with Crippen molar-refractivity contribution < 1.29 is 19.0 Å². The summed E-state index contributed by atoms with van der Waals surface area (Å²) in [5.74, 6) is 1.36. The van der Waals surface area contributed by atoms with Crippen LogP contribution in [0.15, 0.2) is 41.8 Å². The Morgan fingerprint density at radius 2 is 2.25 bits per heavy atom. The molecule has 0 bridgehead atoms. The van der Waals surface area contributed by atoms with E-state index in [1.165, 1.54) is 22.5 Å². The molecule has 2 aromatic rings. The third kappa shape index (κ3) is 2.66. The highest BCUT2D eigenvalue weighted by Crippen LogP contribution is 2.55. The van der Waals surface area contributed by atoms with Crippen molar-refractivity contribution in [1.29, 1.82) is 0 Å². The Morgan fingerprint density at radius 1 is 1.36 bits per heavy atom. The van der Waals surface area contributed by atoms with Crippen LogP contribution in [-0.2, 0) is 16.7 Å². The van der Waals surface area contributed by atoms with E-state index in [-0.39, 0.29) is 23.6 Å². The predicted octanol–water partition coefficient (Wildman–Crippen LogP) is 3.78. The van der Waals surface area contributed by atoms with Crippen molar-refractivity contribution >= 4 is 17.3 Å². The summed E-state index contributed by atoms with van der Waals surface area (Å²) in [4.78, 5) is 15.4. The summed E-state index contributed by atoms with van der Waals surface area (Å²) in [6.45, 7) is 1.88. The number of thiophene rings is 1. The number of hydrogen-bond donors (Lipinski definition) is 0. The molecular weight excluding hydrogens is 374 g/mol. The molecule has 3 aliphatic rings. The standard InChI is InChI=1S/C22H23NO4S/c1-23-10-9-22-8-7-15(26-21(24)17-4-3-11-28-17)12-18(22)27-20-16(25-2)6-5-14(13-23)19(20)22/h3-8,11,15,18H,9-10,12-13H2,1-2H3/t15-,18?,22-/m0/s1. The molecule has 0 saturated carbocycles. The maximum Gasteiger partial charge on any atom is 0.348 e. The molecule has 1 spiro atoms. The van der Waals surface area contributed by atoms with E-state index < -0.39 is 0 Å². The van der Waals surface area contributed by atoms with Crippen LogP contribution < -0.4 is 9.47 Å². The maximum absolute atomic E-state index is 12.4. The van der Waals surface area contributed by atoms with Crippen molar-refractivity contribution in [3.05, 3.63) is 57.8 Å². The second-order valence-corrected chi connectivity index (χ2v) is 8.73. The van der Waals surface area contributed by atoms with Gasteiger partial charge in [-0.05, 0) is 49.2 Å². The predicted molar refractivity (Wildman–Crippen MR) is 107 cm³/mol. The number of hydrogen-bond acceptors (Lipinski definition) is 6. The van der Waals surface area contributed by atoms with Crippen LogP contribution >= 0.6 is 11.3 Å². The summed E-state index contributed by atoms with van der Waals surface area (Å²) in [6.07, 6.45) is 5.55.